The highest BCUT2D eigenvalue weighted by Gasteiger charge is 2.15. The van der Waals surface area contributed by atoms with Crippen molar-refractivity contribution in [2.75, 3.05) is 14.2 Å². The Hall–Kier alpha value is -2.69. The highest BCUT2D eigenvalue weighted by molar-refractivity contribution is 5.94. The Labute approximate surface area is 123 Å². The van der Waals surface area contributed by atoms with Crippen molar-refractivity contribution in [3.8, 4) is 17.2 Å². The lowest BCUT2D eigenvalue weighted by molar-refractivity contribution is 0.0783. The van der Waals surface area contributed by atoms with E-state index < -0.39 is 0 Å². The number of ether oxygens (including phenoxy) is 1. The Bertz CT molecular complexity index is 634. The predicted octanol–water partition coefficient (Wildman–Crippen LogP) is 2.38. The molecule has 2 aromatic rings. The van der Waals surface area contributed by atoms with Gasteiger partial charge in [-0.25, -0.2) is 0 Å². The van der Waals surface area contributed by atoms with Crippen LogP contribution in [-0.2, 0) is 6.54 Å². The van der Waals surface area contributed by atoms with E-state index in [9.17, 15) is 15.0 Å². The van der Waals surface area contributed by atoms with Gasteiger partial charge in [-0.3, -0.25) is 4.79 Å². The Morgan fingerprint density at radius 3 is 2.38 bits per heavy atom. The first-order valence-corrected chi connectivity index (χ1v) is 6.41. The van der Waals surface area contributed by atoms with E-state index in [1.807, 2.05) is 24.3 Å². The number of methoxy groups -OCH3 is 1. The number of phenolic OH excluding ortho intramolecular Hbond substituents is 2. The van der Waals surface area contributed by atoms with Crippen LogP contribution in [0.5, 0.6) is 17.2 Å². The SMILES string of the molecule is COc1ccccc1CN(C)C(=O)c1cc(O)cc(O)c1. The summed E-state index contributed by atoms with van der Waals surface area (Å²) < 4.78 is 5.25. The molecule has 1 amide bonds. The van der Waals surface area contributed by atoms with Gasteiger partial charge in [0.25, 0.3) is 5.91 Å². The van der Waals surface area contributed by atoms with Crippen LogP contribution in [0.15, 0.2) is 42.5 Å². The molecular formula is C16H17NO4. The largest absolute Gasteiger partial charge is 0.508 e. The summed E-state index contributed by atoms with van der Waals surface area (Å²) in [4.78, 5) is 13.8. The number of amides is 1. The average molecular weight is 287 g/mol. The van der Waals surface area contributed by atoms with Gasteiger partial charge >= 0.3 is 0 Å². The second-order valence-corrected chi connectivity index (χ2v) is 4.71. The minimum atomic E-state index is -0.299. The molecule has 0 saturated carbocycles. The minimum absolute atomic E-state index is 0.149. The lowest BCUT2D eigenvalue weighted by atomic mass is 10.1. The molecule has 110 valence electrons. The zero-order chi connectivity index (χ0) is 15.4. The second-order valence-electron chi connectivity index (χ2n) is 4.71. The monoisotopic (exact) mass is 287 g/mol. The first-order chi connectivity index (χ1) is 10.0. The van der Waals surface area contributed by atoms with Gasteiger partial charge in [-0.05, 0) is 18.2 Å². The van der Waals surface area contributed by atoms with Crippen molar-refractivity contribution in [1.82, 2.24) is 4.90 Å². The third kappa shape index (κ3) is 3.45. The molecule has 0 atom stereocenters. The zero-order valence-corrected chi connectivity index (χ0v) is 11.9. The predicted molar refractivity (Wildman–Crippen MR) is 78.6 cm³/mol. The second kappa shape index (κ2) is 6.17. The summed E-state index contributed by atoms with van der Waals surface area (Å²) in [7, 11) is 3.23. The summed E-state index contributed by atoms with van der Waals surface area (Å²) in [5.74, 6) is 0.107. The van der Waals surface area contributed by atoms with Crippen molar-refractivity contribution in [3.63, 3.8) is 0 Å². The molecule has 0 unspecified atom stereocenters. The first-order valence-electron chi connectivity index (χ1n) is 6.41. The lowest BCUT2D eigenvalue weighted by Crippen LogP contribution is -2.26. The molecule has 0 spiro atoms. The fraction of sp³-hybridized carbons (Fsp3) is 0.188. The smallest absolute Gasteiger partial charge is 0.254 e. The van der Waals surface area contributed by atoms with E-state index in [1.54, 1.807) is 14.2 Å². The maximum atomic E-state index is 12.3. The molecule has 2 rings (SSSR count). The molecule has 0 heterocycles. The fourth-order valence-corrected chi connectivity index (χ4v) is 2.10. The molecule has 0 aromatic heterocycles. The molecule has 0 aliphatic carbocycles. The van der Waals surface area contributed by atoms with Crippen molar-refractivity contribution in [2.24, 2.45) is 0 Å². The number of para-hydroxylation sites is 1. The maximum Gasteiger partial charge on any atom is 0.254 e. The summed E-state index contributed by atoms with van der Waals surface area (Å²) >= 11 is 0. The van der Waals surface area contributed by atoms with Gasteiger partial charge in [-0.15, -0.1) is 0 Å². The molecule has 0 radical (unpaired) electrons. The minimum Gasteiger partial charge on any atom is -0.508 e. The van der Waals surface area contributed by atoms with Crippen LogP contribution < -0.4 is 4.74 Å². The Morgan fingerprint density at radius 1 is 1.14 bits per heavy atom. The van der Waals surface area contributed by atoms with Crippen LogP contribution in [0.25, 0.3) is 0 Å². The molecule has 2 N–H and O–H groups in total. The van der Waals surface area contributed by atoms with E-state index in [0.29, 0.717) is 12.3 Å². The molecule has 21 heavy (non-hydrogen) atoms. The molecule has 0 bridgehead atoms. The van der Waals surface area contributed by atoms with Crippen LogP contribution in [0.2, 0.25) is 0 Å². The van der Waals surface area contributed by atoms with Crippen molar-refractivity contribution in [2.45, 2.75) is 6.54 Å². The highest BCUT2D eigenvalue weighted by atomic mass is 16.5. The van der Waals surface area contributed by atoms with Crippen LogP contribution in [-0.4, -0.2) is 35.2 Å². The number of phenols is 2. The Kier molecular flexibility index (Phi) is 4.33. The maximum absolute atomic E-state index is 12.3. The number of carbonyl (C=O) groups is 1. The fourth-order valence-electron chi connectivity index (χ4n) is 2.10. The van der Waals surface area contributed by atoms with Crippen LogP contribution >= 0.6 is 0 Å². The quantitative estimate of drug-likeness (QED) is 0.905. The van der Waals surface area contributed by atoms with Crippen LogP contribution in [0.4, 0.5) is 0 Å². The van der Waals surface area contributed by atoms with Crippen LogP contribution in [0.3, 0.4) is 0 Å². The number of rotatable bonds is 4. The van der Waals surface area contributed by atoms with Gasteiger partial charge in [-0.1, -0.05) is 18.2 Å². The first kappa shape index (κ1) is 14.7. The molecule has 0 aliphatic heterocycles. The highest BCUT2D eigenvalue weighted by Crippen LogP contribution is 2.23. The molecule has 5 nitrogen and oxygen atoms in total. The summed E-state index contributed by atoms with van der Waals surface area (Å²) in [6.45, 7) is 0.360. The molecular weight excluding hydrogens is 270 g/mol. The van der Waals surface area contributed by atoms with E-state index in [-0.39, 0.29) is 23.0 Å². The van der Waals surface area contributed by atoms with Gasteiger partial charge in [0.2, 0.25) is 0 Å². The number of hydrogen-bond donors (Lipinski definition) is 2. The van der Waals surface area contributed by atoms with E-state index in [1.165, 1.54) is 23.1 Å². The van der Waals surface area contributed by atoms with E-state index in [2.05, 4.69) is 0 Å². The van der Waals surface area contributed by atoms with Gasteiger partial charge in [0.05, 0.1) is 7.11 Å². The number of benzene rings is 2. The molecule has 2 aromatic carbocycles. The third-order valence-corrected chi connectivity index (χ3v) is 3.10. The normalized spacial score (nSPS) is 10.2. The Balaban J connectivity index is 2.19. The standard InChI is InChI=1S/C16H17NO4/c1-17(10-11-5-3-4-6-15(11)21-2)16(20)12-7-13(18)9-14(19)8-12/h3-9,18-19H,10H2,1-2H3. The summed E-state index contributed by atoms with van der Waals surface area (Å²) in [5, 5.41) is 18.9. The van der Waals surface area contributed by atoms with Gasteiger partial charge in [-0.2, -0.15) is 0 Å². The lowest BCUT2D eigenvalue weighted by Gasteiger charge is -2.19. The number of aromatic hydroxyl groups is 2. The average Bonchev–Trinajstić information content (AvgIpc) is 2.46. The van der Waals surface area contributed by atoms with Gasteiger partial charge in [0.1, 0.15) is 17.2 Å². The van der Waals surface area contributed by atoms with Crippen molar-refractivity contribution < 1.29 is 19.7 Å². The number of nitrogens with zero attached hydrogens (tertiary/aromatic N) is 1. The molecule has 0 saturated heterocycles. The van der Waals surface area contributed by atoms with Crippen molar-refractivity contribution in [3.05, 3.63) is 53.6 Å². The molecule has 0 fully saturated rings. The van der Waals surface area contributed by atoms with Crippen LogP contribution in [0.1, 0.15) is 15.9 Å². The molecule has 0 aliphatic rings. The zero-order valence-electron chi connectivity index (χ0n) is 11.9. The number of hydrogen-bond acceptors (Lipinski definition) is 4. The van der Waals surface area contributed by atoms with Gasteiger partial charge in [0, 0.05) is 30.8 Å². The van der Waals surface area contributed by atoms with Crippen LogP contribution in [0, 0.1) is 0 Å². The van der Waals surface area contributed by atoms with Gasteiger partial charge < -0.3 is 19.8 Å². The van der Waals surface area contributed by atoms with Crippen molar-refractivity contribution in [1.29, 1.82) is 0 Å². The van der Waals surface area contributed by atoms with E-state index in [4.69, 9.17) is 4.74 Å². The topological polar surface area (TPSA) is 70.0 Å². The van der Waals surface area contributed by atoms with E-state index >= 15 is 0 Å². The van der Waals surface area contributed by atoms with Gasteiger partial charge in [0.15, 0.2) is 0 Å². The number of carbonyl (C=O) groups excluding carboxylic acids is 1. The summed E-state index contributed by atoms with van der Waals surface area (Å²) in [5.41, 5.74) is 1.10. The van der Waals surface area contributed by atoms with E-state index in [0.717, 1.165) is 5.56 Å². The third-order valence-electron chi connectivity index (χ3n) is 3.10. The Morgan fingerprint density at radius 2 is 1.76 bits per heavy atom. The summed E-state index contributed by atoms with van der Waals surface area (Å²) in [6, 6.07) is 11.3. The summed E-state index contributed by atoms with van der Waals surface area (Å²) in [6.07, 6.45) is 0. The van der Waals surface area contributed by atoms with Crippen molar-refractivity contribution >= 4 is 5.91 Å². The molecule has 5 heteroatoms.